The van der Waals surface area contributed by atoms with Crippen LogP contribution >= 0.6 is 0 Å². The SMILES string of the molecule is CCc1nc(-c2nccnc2N)n(C)n1. The molecule has 0 amide bonds. The molecule has 78 valence electrons. The molecule has 2 aromatic rings. The van der Waals surface area contributed by atoms with Gasteiger partial charge in [-0.25, -0.2) is 19.6 Å². The Kier molecular flexibility index (Phi) is 2.32. The van der Waals surface area contributed by atoms with Crippen LogP contribution in [0.5, 0.6) is 0 Å². The molecule has 0 aromatic carbocycles. The number of rotatable bonds is 2. The number of nitrogen functional groups attached to an aromatic ring is 1. The third-order valence-corrected chi connectivity index (χ3v) is 2.06. The molecule has 0 saturated carbocycles. The minimum Gasteiger partial charge on any atom is -0.382 e. The topological polar surface area (TPSA) is 82.5 Å². The number of aryl methyl sites for hydroxylation is 2. The van der Waals surface area contributed by atoms with Crippen molar-refractivity contribution < 1.29 is 0 Å². The summed E-state index contributed by atoms with van der Waals surface area (Å²) >= 11 is 0. The lowest BCUT2D eigenvalue weighted by Crippen LogP contribution is -2.01. The first-order chi connectivity index (χ1) is 7.22. The molecule has 6 heteroatoms. The third kappa shape index (κ3) is 1.65. The van der Waals surface area contributed by atoms with Gasteiger partial charge in [0.05, 0.1) is 0 Å². The van der Waals surface area contributed by atoms with Gasteiger partial charge < -0.3 is 5.73 Å². The highest BCUT2D eigenvalue weighted by Crippen LogP contribution is 2.18. The van der Waals surface area contributed by atoms with Crippen LogP contribution in [0.3, 0.4) is 0 Å². The van der Waals surface area contributed by atoms with Crippen LogP contribution in [0.1, 0.15) is 12.7 Å². The molecule has 6 nitrogen and oxygen atoms in total. The van der Waals surface area contributed by atoms with Crippen molar-refractivity contribution in [1.29, 1.82) is 0 Å². The largest absolute Gasteiger partial charge is 0.382 e. The lowest BCUT2D eigenvalue weighted by atomic mass is 10.4. The zero-order chi connectivity index (χ0) is 10.8. The quantitative estimate of drug-likeness (QED) is 0.766. The fraction of sp³-hybridized carbons (Fsp3) is 0.333. The van der Waals surface area contributed by atoms with Crippen molar-refractivity contribution in [2.24, 2.45) is 7.05 Å². The van der Waals surface area contributed by atoms with Crippen molar-refractivity contribution in [3.8, 4) is 11.5 Å². The van der Waals surface area contributed by atoms with Crippen molar-refractivity contribution in [2.75, 3.05) is 5.73 Å². The Morgan fingerprint density at radius 1 is 1.33 bits per heavy atom. The van der Waals surface area contributed by atoms with Crippen LogP contribution in [0.25, 0.3) is 11.5 Å². The smallest absolute Gasteiger partial charge is 0.180 e. The molecule has 0 saturated heterocycles. The standard InChI is InChI=1S/C9H12N6/c1-3-6-13-9(15(2)14-6)7-8(10)12-5-4-11-7/h4-5H,3H2,1-2H3,(H2,10,12). The van der Waals surface area contributed by atoms with E-state index in [1.165, 1.54) is 0 Å². The van der Waals surface area contributed by atoms with Gasteiger partial charge in [0.2, 0.25) is 0 Å². The molecule has 2 rings (SSSR count). The van der Waals surface area contributed by atoms with Crippen LogP contribution in [-0.4, -0.2) is 24.7 Å². The van der Waals surface area contributed by atoms with Crippen LogP contribution in [0.2, 0.25) is 0 Å². The summed E-state index contributed by atoms with van der Waals surface area (Å²) in [6.07, 6.45) is 3.93. The van der Waals surface area contributed by atoms with E-state index in [1.54, 1.807) is 17.1 Å². The molecule has 0 spiro atoms. The molecule has 0 radical (unpaired) electrons. The summed E-state index contributed by atoms with van der Waals surface area (Å²) in [7, 11) is 1.82. The average molecular weight is 204 g/mol. The number of hydrogen-bond acceptors (Lipinski definition) is 5. The van der Waals surface area contributed by atoms with E-state index in [4.69, 9.17) is 5.73 Å². The van der Waals surface area contributed by atoms with Gasteiger partial charge >= 0.3 is 0 Å². The molecule has 2 aromatic heterocycles. The fourth-order valence-electron chi connectivity index (χ4n) is 1.31. The molecular weight excluding hydrogens is 192 g/mol. The monoisotopic (exact) mass is 204 g/mol. The second-order valence-corrected chi connectivity index (χ2v) is 3.12. The Morgan fingerprint density at radius 2 is 2.07 bits per heavy atom. The van der Waals surface area contributed by atoms with Crippen LogP contribution in [0.15, 0.2) is 12.4 Å². The summed E-state index contributed by atoms with van der Waals surface area (Å²) in [4.78, 5) is 12.4. The summed E-state index contributed by atoms with van der Waals surface area (Å²) in [5.74, 6) is 1.80. The van der Waals surface area contributed by atoms with E-state index < -0.39 is 0 Å². The summed E-state index contributed by atoms with van der Waals surface area (Å²) < 4.78 is 1.67. The van der Waals surface area contributed by atoms with Crippen LogP contribution < -0.4 is 5.73 Å². The maximum atomic E-state index is 5.72. The minimum atomic E-state index is 0.371. The zero-order valence-electron chi connectivity index (χ0n) is 8.68. The number of anilines is 1. The van der Waals surface area contributed by atoms with Crippen molar-refractivity contribution in [1.82, 2.24) is 24.7 Å². The maximum Gasteiger partial charge on any atom is 0.180 e. The van der Waals surface area contributed by atoms with Crippen molar-refractivity contribution in [2.45, 2.75) is 13.3 Å². The van der Waals surface area contributed by atoms with E-state index in [-0.39, 0.29) is 0 Å². The first-order valence-electron chi connectivity index (χ1n) is 4.69. The highest BCUT2D eigenvalue weighted by atomic mass is 15.3. The van der Waals surface area contributed by atoms with Gasteiger partial charge in [0, 0.05) is 25.9 Å². The van der Waals surface area contributed by atoms with Gasteiger partial charge in [-0.05, 0) is 0 Å². The first kappa shape index (κ1) is 9.57. The number of hydrogen-bond donors (Lipinski definition) is 1. The highest BCUT2D eigenvalue weighted by molar-refractivity contribution is 5.62. The number of nitrogens with two attached hydrogens (primary N) is 1. The van der Waals surface area contributed by atoms with E-state index in [0.717, 1.165) is 12.2 Å². The van der Waals surface area contributed by atoms with Crippen molar-refractivity contribution >= 4 is 5.82 Å². The van der Waals surface area contributed by atoms with Crippen molar-refractivity contribution in [3.05, 3.63) is 18.2 Å². The molecule has 0 atom stereocenters. The molecule has 0 bridgehead atoms. The molecule has 2 heterocycles. The molecule has 2 N–H and O–H groups in total. The molecule has 0 unspecified atom stereocenters. The molecule has 0 fully saturated rings. The summed E-state index contributed by atoms with van der Waals surface area (Å²) in [6.45, 7) is 2.00. The highest BCUT2D eigenvalue weighted by Gasteiger charge is 2.12. The van der Waals surface area contributed by atoms with Gasteiger partial charge in [-0.1, -0.05) is 6.92 Å². The molecule has 15 heavy (non-hydrogen) atoms. The number of aromatic nitrogens is 5. The minimum absolute atomic E-state index is 0.371. The second-order valence-electron chi connectivity index (χ2n) is 3.12. The summed E-state index contributed by atoms with van der Waals surface area (Å²) in [6, 6.07) is 0. The predicted molar refractivity (Wildman–Crippen MR) is 55.8 cm³/mol. The van der Waals surface area contributed by atoms with Gasteiger partial charge in [0.1, 0.15) is 5.69 Å². The lowest BCUT2D eigenvalue weighted by molar-refractivity contribution is 0.750. The molecule has 0 aliphatic rings. The fourth-order valence-corrected chi connectivity index (χ4v) is 1.31. The van der Waals surface area contributed by atoms with E-state index in [1.807, 2.05) is 14.0 Å². The molecule has 0 aliphatic heterocycles. The van der Waals surface area contributed by atoms with Crippen LogP contribution in [0, 0.1) is 0 Å². The van der Waals surface area contributed by atoms with Crippen LogP contribution in [0.4, 0.5) is 5.82 Å². The Morgan fingerprint density at radius 3 is 2.67 bits per heavy atom. The number of nitrogens with zero attached hydrogens (tertiary/aromatic N) is 5. The Labute approximate surface area is 87.2 Å². The van der Waals surface area contributed by atoms with Gasteiger partial charge in [-0.15, -0.1) is 0 Å². The summed E-state index contributed by atoms with van der Waals surface area (Å²) in [5, 5.41) is 4.23. The van der Waals surface area contributed by atoms with Gasteiger partial charge in [0.25, 0.3) is 0 Å². The Balaban J connectivity index is 2.54. The lowest BCUT2D eigenvalue weighted by Gasteiger charge is -2.00. The van der Waals surface area contributed by atoms with Gasteiger partial charge in [-0.2, -0.15) is 5.10 Å². The normalized spacial score (nSPS) is 10.5. The van der Waals surface area contributed by atoms with E-state index in [9.17, 15) is 0 Å². The van der Waals surface area contributed by atoms with Crippen LogP contribution in [-0.2, 0) is 13.5 Å². The van der Waals surface area contributed by atoms with E-state index in [0.29, 0.717) is 17.3 Å². The Hall–Kier alpha value is -1.98. The van der Waals surface area contributed by atoms with Gasteiger partial charge in [-0.3, -0.25) is 0 Å². The predicted octanol–water partition coefficient (Wildman–Crippen LogP) is 0.417. The third-order valence-electron chi connectivity index (χ3n) is 2.06. The Bertz CT molecular complexity index is 475. The second kappa shape index (κ2) is 3.64. The summed E-state index contributed by atoms with van der Waals surface area (Å²) in [5.41, 5.74) is 6.29. The maximum absolute atomic E-state index is 5.72. The molecular formula is C9H12N6. The van der Waals surface area contributed by atoms with E-state index >= 15 is 0 Å². The zero-order valence-corrected chi connectivity index (χ0v) is 8.68. The van der Waals surface area contributed by atoms with E-state index in [2.05, 4.69) is 20.1 Å². The first-order valence-corrected chi connectivity index (χ1v) is 4.69. The average Bonchev–Trinajstić information content (AvgIpc) is 2.60. The molecule has 0 aliphatic carbocycles. The van der Waals surface area contributed by atoms with Crippen molar-refractivity contribution in [3.63, 3.8) is 0 Å². The van der Waals surface area contributed by atoms with Gasteiger partial charge in [0.15, 0.2) is 17.5 Å².